The Morgan fingerprint density at radius 2 is 2.05 bits per heavy atom. The smallest absolute Gasteiger partial charge is 0.227 e. The molecule has 1 atom stereocenters. The fourth-order valence-electron chi connectivity index (χ4n) is 2.37. The minimum Gasteiger partial charge on any atom is -0.369 e. The molecule has 108 valence electrons. The first-order valence-corrected chi connectivity index (χ1v) is 7.24. The second-order valence-electron chi connectivity index (χ2n) is 5.01. The molecule has 2 rings (SSSR count). The Kier molecular flexibility index (Phi) is 4.89. The summed E-state index contributed by atoms with van der Waals surface area (Å²) in [5.41, 5.74) is 6.12. The molecule has 1 aromatic carbocycles. The summed E-state index contributed by atoms with van der Waals surface area (Å²) in [6.45, 7) is 1.08. The van der Waals surface area contributed by atoms with Gasteiger partial charge in [0.15, 0.2) is 0 Å². The van der Waals surface area contributed by atoms with Crippen molar-refractivity contribution in [2.24, 2.45) is 11.7 Å². The van der Waals surface area contributed by atoms with Crippen molar-refractivity contribution in [3.8, 4) is 0 Å². The highest BCUT2D eigenvalue weighted by Crippen LogP contribution is 2.23. The van der Waals surface area contributed by atoms with E-state index in [1.54, 1.807) is 23.1 Å². The molecule has 4 nitrogen and oxygen atoms in total. The van der Waals surface area contributed by atoms with E-state index in [9.17, 15) is 9.59 Å². The molecule has 2 N–H and O–H groups in total. The highest BCUT2D eigenvalue weighted by atomic mass is 35.5. The molecule has 1 aliphatic rings. The van der Waals surface area contributed by atoms with Crippen LogP contribution in [-0.2, 0) is 16.0 Å². The summed E-state index contributed by atoms with van der Waals surface area (Å²) in [5, 5.41) is 0.903. The Morgan fingerprint density at radius 1 is 1.30 bits per heavy atom. The Bertz CT molecular complexity index is 534. The number of likely N-dealkylation sites (tertiary alicyclic amines) is 1. The quantitative estimate of drug-likeness (QED) is 0.930. The molecule has 1 saturated heterocycles. The van der Waals surface area contributed by atoms with Gasteiger partial charge in [-0.2, -0.15) is 0 Å². The molecule has 6 heteroatoms. The van der Waals surface area contributed by atoms with Crippen molar-refractivity contribution in [1.29, 1.82) is 0 Å². The second kappa shape index (κ2) is 6.46. The number of piperidine rings is 1. The first kappa shape index (κ1) is 15.1. The lowest BCUT2D eigenvalue weighted by molar-refractivity contribution is -0.134. The third-order valence-electron chi connectivity index (χ3n) is 3.52. The van der Waals surface area contributed by atoms with E-state index < -0.39 is 0 Å². The van der Waals surface area contributed by atoms with Gasteiger partial charge < -0.3 is 10.6 Å². The number of rotatable bonds is 3. The normalized spacial score (nSPS) is 18.9. The molecule has 0 bridgehead atoms. The molecule has 1 aromatic rings. The predicted octanol–water partition coefficient (Wildman–Crippen LogP) is 2.26. The van der Waals surface area contributed by atoms with Crippen LogP contribution in [0.1, 0.15) is 18.4 Å². The van der Waals surface area contributed by atoms with Crippen LogP contribution in [0.3, 0.4) is 0 Å². The topological polar surface area (TPSA) is 63.4 Å². The molecule has 0 aliphatic carbocycles. The van der Waals surface area contributed by atoms with Gasteiger partial charge in [0.1, 0.15) is 0 Å². The second-order valence-corrected chi connectivity index (χ2v) is 5.82. The standard InChI is InChI=1S/C14H16Cl2N2O2/c15-11-4-3-9(6-12(11)16)7-13(19)18-5-1-2-10(8-18)14(17)20/h3-4,6,10H,1-2,5,7-8H2,(H2,17,20). The van der Waals surface area contributed by atoms with Gasteiger partial charge >= 0.3 is 0 Å². The number of hydrogen-bond acceptors (Lipinski definition) is 2. The number of amides is 2. The maximum Gasteiger partial charge on any atom is 0.227 e. The van der Waals surface area contributed by atoms with Gasteiger partial charge in [0.05, 0.1) is 22.4 Å². The zero-order valence-electron chi connectivity index (χ0n) is 10.9. The van der Waals surface area contributed by atoms with Crippen molar-refractivity contribution in [3.63, 3.8) is 0 Å². The number of hydrogen-bond donors (Lipinski definition) is 1. The lowest BCUT2D eigenvalue weighted by Crippen LogP contribution is -2.44. The Morgan fingerprint density at radius 3 is 2.70 bits per heavy atom. The highest BCUT2D eigenvalue weighted by Gasteiger charge is 2.26. The molecule has 0 saturated carbocycles. The summed E-state index contributed by atoms with van der Waals surface area (Å²) in [7, 11) is 0. The van der Waals surface area contributed by atoms with Gasteiger partial charge in [-0.15, -0.1) is 0 Å². The van der Waals surface area contributed by atoms with Crippen molar-refractivity contribution >= 4 is 35.0 Å². The Balaban J connectivity index is 2.00. The van der Waals surface area contributed by atoms with Crippen LogP contribution in [0.25, 0.3) is 0 Å². The number of nitrogens with two attached hydrogens (primary N) is 1. The van der Waals surface area contributed by atoms with Crippen LogP contribution < -0.4 is 5.73 Å². The lowest BCUT2D eigenvalue weighted by Gasteiger charge is -2.31. The minimum absolute atomic E-state index is 0.0191. The summed E-state index contributed by atoms with van der Waals surface area (Å²) in [5.74, 6) is -0.590. The van der Waals surface area contributed by atoms with Crippen molar-refractivity contribution < 1.29 is 9.59 Å². The van der Waals surface area contributed by atoms with Gasteiger partial charge in [0.2, 0.25) is 11.8 Å². The Hall–Kier alpha value is -1.26. The number of halogens is 2. The predicted molar refractivity (Wildman–Crippen MR) is 78.7 cm³/mol. The van der Waals surface area contributed by atoms with Crippen LogP contribution >= 0.6 is 23.2 Å². The van der Waals surface area contributed by atoms with Gasteiger partial charge in [-0.1, -0.05) is 29.3 Å². The molecule has 20 heavy (non-hydrogen) atoms. The van der Waals surface area contributed by atoms with E-state index in [0.717, 1.165) is 18.4 Å². The fraction of sp³-hybridized carbons (Fsp3) is 0.429. The summed E-state index contributed by atoms with van der Waals surface area (Å²) in [4.78, 5) is 25.1. The molecule has 0 aromatic heterocycles. The van der Waals surface area contributed by atoms with Crippen LogP contribution in [0.2, 0.25) is 10.0 Å². The van der Waals surface area contributed by atoms with Crippen LogP contribution in [0.4, 0.5) is 0 Å². The van der Waals surface area contributed by atoms with Crippen molar-refractivity contribution in [2.75, 3.05) is 13.1 Å². The first-order valence-electron chi connectivity index (χ1n) is 6.48. The summed E-state index contributed by atoms with van der Waals surface area (Å²) < 4.78 is 0. The average molecular weight is 315 g/mol. The number of nitrogens with zero attached hydrogens (tertiary/aromatic N) is 1. The van der Waals surface area contributed by atoms with Crippen LogP contribution in [-0.4, -0.2) is 29.8 Å². The van der Waals surface area contributed by atoms with E-state index >= 15 is 0 Å². The Labute approximate surface area is 127 Å². The molecule has 2 amide bonds. The summed E-state index contributed by atoms with van der Waals surface area (Å²) >= 11 is 11.8. The van der Waals surface area contributed by atoms with E-state index in [4.69, 9.17) is 28.9 Å². The van der Waals surface area contributed by atoms with Gasteiger partial charge in [-0.3, -0.25) is 9.59 Å². The van der Waals surface area contributed by atoms with Crippen LogP contribution in [0.5, 0.6) is 0 Å². The zero-order chi connectivity index (χ0) is 14.7. The van der Waals surface area contributed by atoms with E-state index in [2.05, 4.69) is 0 Å². The molecular formula is C14H16Cl2N2O2. The number of benzene rings is 1. The molecule has 1 unspecified atom stereocenters. The SMILES string of the molecule is NC(=O)C1CCCN(C(=O)Cc2ccc(Cl)c(Cl)c2)C1. The van der Waals surface area contributed by atoms with Crippen molar-refractivity contribution in [1.82, 2.24) is 4.90 Å². The van der Waals surface area contributed by atoms with Crippen molar-refractivity contribution in [2.45, 2.75) is 19.3 Å². The number of primary amides is 1. The maximum atomic E-state index is 12.2. The van der Waals surface area contributed by atoms with E-state index in [1.165, 1.54) is 0 Å². The summed E-state index contributed by atoms with van der Waals surface area (Å²) in [6, 6.07) is 5.15. The van der Waals surface area contributed by atoms with Crippen LogP contribution in [0, 0.1) is 5.92 Å². The van der Waals surface area contributed by atoms with Crippen molar-refractivity contribution in [3.05, 3.63) is 33.8 Å². The highest BCUT2D eigenvalue weighted by molar-refractivity contribution is 6.42. The minimum atomic E-state index is -0.336. The fourth-order valence-corrected chi connectivity index (χ4v) is 2.69. The van der Waals surface area contributed by atoms with Gasteiger partial charge in [0.25, 0.3) is 0 Å². The molecule has 1 fully saturated rings. The molecule has 0 spiro atoms. The molecule has 0 radical (unpaired) electrons. The third kappa shape index (κ3) is 3.64. The third-order valence-corrected chi connectivity index (χ3v) is 4.25. The van der Waals surface area contributed by atoms with E-state index in [1.807, 2.05) is 0 Å². The van der Waals surface area contributed by atoms with Gasteiger partial charge in [0, 0.05) is 13.1 Å². The van der Waals surface area contributed by atoms with Gasteiger partial charge in [-0.25, -0.2) is 0 Å². The zero-order valence-corrected chi connectivity index (χ0v) is 12.5. The van der Waals surface area contributed by atoms with Gasteiger partial charge in [-0.05, 0) is 30.5 Å². The summed E-state index contributed by atoms with van der Waals surface area (Å²) in [6.07, 6.45) is 1.81. The monoisotopic (exact) mass is 314 g/mol. The number of carbonyl (C=O) groups is 2. The largest absolute Gasteiger partial charge is 0.369 e. The number of carbonyl (C=O) groups excluding carboxylic acids is 2. The maximum absolute atomic E-state index is 12.2. The lowest BCUT2D eigenvalue weighted by atomic mass is 9.97. The molecule has 1 aliphatic heterocycles. The first-order chi connectivity index (χ1) is 9.47. The van der Waals surface area contributed by atoms with Crippen LogP contribution in [0.15, 0.2) is 18.2 Å². The molecular weight excluding hydrogens is 299 g/mol. The average Bonchev–Trinajstić information content (AvgIpc) is 2.43. The van der Waals surface area contributed by atoms with E-state index in [-0.39, 0.29) is 24.2 Å². The van der Waals surface area contributed by atoms with E-state index in [0.29, 0.717) is 23.1 Å². The molecule has 1 heterocycles.